The number of alkyl carbamates (subject to hydrolysis) is 1. The van der Waals surface area contributed by atoms with Crippen molar-refractivity contribution in [1.29, 1.82) is 0 Å². The molecule has 0 unspecified atom stereocenters. The van der Waals surface area contributed by atoms with Gasteiger partial charge >= 0.3 is 6.09 Å². The van der Waals surface area contributed by atoms with Gasteiger partial charge in [-0.2, -0.15) is 0 Å². The molecule has 1 aliphatic heterocycles. The van der Waals surface area contributed by atoms with Gasteiger partial charge in [-0.05, 0) is 54.5 Å². The number of benzene rings is 2. The summed E-state index contributed by atoms with van der Waals surface area (Å²) in [5, 5.41) is 13.0. The number of carbonyl (C=O) groups excluding carboxylic acids is 2. The average molecular weight is 682 g/mol. The highest BCUT2D eigenvalue weighted by Gasteiger charge is 2.36. The molecule has 3 rings (SSSR count). The van der Waals surface area contributed by atoms with E-state index >= 15 is 0 Å². The fourth-order valence-electron chi connectivity index (χ4n) is 5.74. The van der Waals surface area contributed by atoms with E-state index in [-0.39, 0.29) is 31.7 Å². The fraction of sp³-hybridized carbons (Fsp3) is 0.588. The number of sulfone groups is 1. The van der Waals surface area contributed by atoms with Crippen LogP contribution in [0.2, 0.25) is 0 Å². The van der Waals surface area contributed by atoms with E-state index in [1.54, 1.807) is 6.07 Å². The minimum atomic E-state index is -3.88. The Kier molecular flexibility index (Phi) is 15.0. The second-order valence-corrected chi connectivity index (χ2v) is 14.5. The van der Waals surface area contributed by atoms with Gasteiger partial charge < -0.3 is 30.5 Å². The summed E-state index contributed by atoms with van der Waals surface area (Å²) in [6.07, 6.45) is 0.319. The van der Waals surface area contributed by atoms with Crippen LogP contribution in [0.3, 0.4) is 0 Å². The molecule has 0 radical (unpaired) electrons. The van der Waals surface area contributed by atoms with Crippen molar-refractivity contribution < 1.29 is 41.4 Å². The van der Waals surface area contributed by atoms with Crippen LogP contribution in [0, 0.1) is 11.6 Å². The number of aryl methyl sites for hydroxylation is 1. The van der Waals surface area contributed by atoms with Crippen LogP contribution in [0.15, 0.2) is 42.5 Å². The summed E-state index contributed by atoms with van der Waals surface area (Å²) in [6, 6.07) is 7.86. The largest absolute Gasteiger partial charge is 0.444 e. The summed E-state index contributed by atoms with van der Waals surface area (Å²) in [4.78, 5) is 28.6. The van der Waals surface area contributed by atoms with Gasteiger partial charge in [-0.25, -0.2) is 22.0 Å². The van der Waals surface area contributed by atoms with Crippen molar-refractivity contribution in [2.75, 3.05) is 25.5 Å². The fourth-order valence-corrected chi connectivity index (χ4v) is 7.90. The Morgan fingerprint density at radius 2 is 1.72 bits per heavy atom. The van der Waals surface area contributed by atoms with Crippen LogP contribution < -0.4 is 11.1 Å². The second kappa shape index (κ2) is 18.4. The zero-order valence-electron chi connectivity index (χ0n) is 27.5. The van der Waals surface area contributed by atoms with Crippen molar-refractivity contribution in [3.63, 3.8) is 0 Å². The third kappa shape index (κ3) is 12.1. The van der Waals surface area contributed by atoms with Crippen LogP contribution in [0.4, 0.5) is 13.6 Å². The van der Waals surface area contributed by atoms with E-state index in [1.165, 1.54) is 4.90 Å². The lowest BCUT2D eigenvalue weighted by molar-refractivity contribution is -0.135. The Morgan fingerprint density at radius 3 is 2.32 bits per heavy atom. The van der Waals surface area contributed by atoms with Crippen LogP contribution in [-0.2, 0) is 43.5 Å². The molecule has 1 aliphatic rings. The molecule has 4 N–H and O–H groups in total. The van der Waals surface area contributed by atoms with Gasteiger partial charge in [0.1, 0.15) is 23.8 Å². The van der Waals surface area contributed by atoms with Crippen molar-refractivity contribution >= 4 is 21.8 Å². The summed E-state index contributed by atoms with van der Waals surface area (Å²) in [5.74, 6) is -2.98. The van der Waals surface area contributed by atoms with Crippen molar-refractivity contribution in [2.45, 2.75) is 102 Å². The van der Waals surface area contributed by atoms with E-state index in [2.05, 4.69) is 5.32 Å². The number of rotatable bonds is 18. The Bertz CT molecular complexity index is 1400. The van der Waals surface area contributed by atoms with Gasteiger partial charge in [0.05, 0.1) is 30.3 Å². The molecule has 2 aromatic carbocycles. The van der Waals surface area contributed by atoms with Gasteiger partial charge in [-0.3, -0.25) is 4.79 Å². The molecule has 2 aromatic rings. The lowest BCUT2D eigenvalue weighted by atomic mass is 10.0. The van der Waals surface area contributed by atoms with Gasteiger partial charge in [0.2, 0.25) is 5.91 Å². The number of nitrogens with zero attached hydrogens (tertiary/aromatic N) is 1. The van der Waals surface area contributed by atoms with E-state index in [4.69, 9.17) is 15.2 Å². The van der Waals surface area contributed by atoms with E-state index in [1.807, 2.05) is 39.0 Å². The second-order valence-electron chi connectivity index (χ2n) is 12.2. The molecule has 2 amide bonds. The highest BCUT2D eigenvalue weighted by atomic mass is 32.2. The van der Waals surface area contributed by atoms with Crippen LogP contribution in [0.1, 0.15) is 69.6 Å². The lowest BCUT2D eigenvalue weighted by Gasteiger charge is -2.32. The Hall–Kier alpha value is -3.13. The number of ether oxygens (including phenoxy) is 2. The predicted octanol–water partition coefficient (Wildman–Crippen LogP) is 4.05. The first-order chi connectivity index (χ1) is 22.3. The molecular formula is C34H49F2N3O7S. The standard InChI is InChI=1S/C34H49F2N3O7S/c1-4-8-29(9-5-2)47(43,44)22-31(38-34(42)46-28-12-13-45-21-28)33(41)39(19-24-11-7-10-23(6-3)14-24)20-32(40)30(37)17-25-15-26(35)18-27(36)16-25/h7,10-11,14-16,18,28-32,40H,4-6,8-9,12-13,17,19-22,37H2,1-3H3,(H,38,42)/t28-,30-,31-,32+/m0/s1. The van der Waals surface area contributed by atoms with E-state index < -0.39 is 68.8 Å². The molecule has 0 aliphatic carbocycles. The summed E-state index contributed by atoms with van der Waals surface area (Å²) in [6.45, 7) is 5.99. The molecule has 0 spiro atoms. The molecule has 262 valence electrons. The van der Waals surface area contributed by atoms with Crippen LogP contribution in [0.5, 0.6) is 0 Å². The summed E-state index contributed by atoms with van der Waals surface area (Å²) in [5.41, 5.74) is 8.21. The molecular weight excluding hydrogens is 632 g/mol. The number of carbonyl (C=O) groups is 2. The zero-order chi connectivity index (χ0) is 34.6. The average Bonchev–Trinajstić information content (AvgIpc) is 3.52. The monoisotopic (exact) mass is 681 g/mol. The summed E-state index contributed by atoms with van der Waals surface area (Å²) >= 11 is 0. The zero-order valence-corrected chi connectivity index (χ0v) is 28.3. The maximum atomic E-state index is 14.3. The Balaban J connectivity index is 1.93. The smallest absolute Gasteiger partial charge is 0.408 e. The molecule has 1 fully saturated rings. The highest BCUT2D eigenvalue weighted by Crippen LogP contribution is 2.20. The van der Waals surface area contributed by atoms with Gasteiger partial charge in [0.25, 0.3) is 0 Å². The van der Waals surface area contributed by atoms with Gasteiger partial charge in [-0.1, -0.05) is 57.9 Å². The quantitative estimate of drug-likeness (QED) is 0.214. The minimum absolute atomic E-state index is 0.0257. The number of halogens is 2. The third-order valence-corrected chi connectivity index (χ3v) is 10.5. The van der Waals surface area contributed by atoms with Crippen molar-refractivity contribution in [1.82, 2.24) is 10.2 Å². The van der Waals surface area contributed by atoms with E-state index in [9.17, 15) is 31.9 Å². The van der Waals surface area contributed by atoms with Gasteiger partial charge in [0.15, 0.2) is 9.84 Å². The van der Waals surface area contributed by atoms with Crippen LogP contribution in [0.25, 0.3) is 0 Å². The molecule has 0 saturated carbocycles. The van der Waals surface area contributed by atoms with Gasteiger partial charge in [-0.15, -0.1) is 0 Å². The SMILES string of the molecule is CCCC(CCC)S(=O)(=O)C[C@H](NC(=O)O[C@H]1CCOC1)C(=O)N(Cc1cccc(CC)c1)C[C@@H](O)[C@@H](N)Cc1cc(F)cc(F)c1. The van der Waals surface area contributed by atoms with Crippen molar-refractivity contribution in [3.05, 3.63) is 70.8 Å². The van der Waals surface area contributed by atoms with Crippen LogP contribution >= 0.6 is 0 Å². The first-order valence-corrected chi connectivity index (χ1v) is 18.1. The minimum Gasteiger partial charge on any atom is -0.444 e. The third-order valence-electron chi connectivity index (χ3n) is 8.26. The van der Waals surface area contributed by atoms with Gasteiger partial charge in [0, 0.05) is 31.6 Å². The van der Waals surface area contributed by atoms with E-state index in [0.29, 0.717) is 44.3 Å². The first kappa shape index (κ1) is 38.3. The van der Waals surface area contributed by atoms with E-state index in [0.717, 1.165) is 30.2 Å². The molecule has 1 saturated heterocycles. The number of nitrogens with one attached hydrogen (secondary N) is 1. The number of hydrogen-bond donors (Lipinski definition) is 3. The molecule has 0 bridgehead atoms. The number of aliphatic hydroxyl groups is 1. The normalized spacial score (nSPS) is 16.9. The molecule has 13 heteroatoms. The summed E-state index contributed by atoms with van der Waals surface area (Å²) < 4.78 is 65.7. The first-order valence-electron chi connectivity index (χ1n) is 16.4. The Morgan fingerprint density at radius 1 is 1.06 bits per heavy atom. The maximum Gasteiger partial charge on any atom is 0.408 e. The number of hydrogen-bond acceptors (Lipinski definition) is 8. The highest BCUT2D eigenvalue weighted by molar-refractivity contribution is 7.92. The molecule has 0 aromatic heterocycles. The predicted molar refractivity (Wildman–Crippen MR) is 175 cm³/mol. The van der Waals surface area contributed by atoms with Crippen molar-refractivity contribution in [3.8, 4) is 0 Å². The number of amides is 2. The molecule has 47 heavy (non-hydrogen) atoms. The number of aliphatic hydroxyl groups excluding tert-OH is 1. The topological polar surface area (TPSA) is 148 Å². The molecule has 10 nitrogen and oxygen atoms in total. The molecule has 4 atom stereocenters. The molecule has 1 heterocycles. The van der Waals surface area contributed by atoms with Crippen LogP contribution in [-0.4, -0.2) is 85.5 Å². The lowest BCUT2D eigenvalue weighted by Crippen LogP contribution is -2.55. The number of nitrogens with two attached hydrogens (primary N) is 1. The summed E-state index contributed by atoms with van der Waals surface area (Å²) in [7, 11) is -3.88. The van der Waals surface area contributed by atoms with Crippen molar-refractivity contribution in [2.24, 2.45) is 5.73 Å². The Labute approximate surface area is 276 Å². The maximum absolute atomic E-state index is 14.3.